The number of benzene rings is 1. The first-order chi connectivity index (χ1) is 9.59. The molecule has 0 radical (unpaired) electrons. The first kappa shape index (κ1) is 12.8. The maximum atomic E-state index is 12.6. The molecule has 1 atom stereocenters. The topological polar surface area (TPSA) is 70.5 Å². The molecule has 1 N–H and O–H groups in total. The standard InChI is InChI=1S/C14H12N2O3S/c1-8-12(20-7-15-8)13(17)16-6-10(14(18)19)9-4-2-3-5-11(9)16/h2-5,7,10H,6H2,1H3,(H,18,19)/t10-/m0/s1. The summed E-state index contributed by atoms with van der Waals surface area (Å²) in [4.78, 5) is 30.1. The van der Waals surface area contributed by atoms with Crippen molar-refractivity contribution in [1.29, 1.82) is 0 Å². The number of aryl methyl sites for hydroxylation is 1. The van der Waals surface area contributed by atoms with Crippen LogP contribution in [0.15, 0.2) is 29.8 Å². The highest BCUT2D eigenvalue weighted by Gasteiger charge is 2.37. The van der Waals surface area contributed by atoms with E-state index in [4.69, 9.17) is 0 Å². The summed E-state index contributed by atoms with van der Waals surface area (Å²) in [6.45, 7) is 1.95. The third-order valence-electron chi connectivity index (χ3n) is 3.45. The first-order valence-corrected chi connectivity index (χ1v) is 7.01. The summed E-state index contributed by atoms with van der Waals surface area (Å²) in [5.74, 6) is -1.75. The van der Waals surface area contributed by atoms with E-state index in [-0.39, 0.29) is 12.5 Å². The van der Waals surface area contributed by atoms with Gasteiger partial charge in [0.05, 0.1) is 11.2 Å². The molecule has 0 fully saturated rings. The fourth-order valence-electron chi connectivity index (χ4n) is 2.44. The second kappa shape index (κ2) is 4.72. The molecular formula is C14H12N2O3S. The van der Waals surface area contributed by atoms with Crippen molar-refractivity contribution in [3.05, 3.63) is 45.9 Å². The molecule has 3 rings (SSSR count). The smallest absolute Gasteiger partial charge is 0.312 e. The number of carboxylic acids is 1. The number of nitrogens with zero attached hydrogens (tertiary/aromatic N) is 2. The molecule has 5 nitrogen and oxygen atoms in total. The molecule has 0 unspecified atom stereocenters. The van der Waals surface area contributed by atoms with Crippen molar-refractivity contribution < 1.29 is 14.7 Å². The molecule has 102 valence electrons. The Morgan fingerprint density at radius 3 is 2.80 bits per heavy atom. The van der Waals surface area contributed by atoms with E-state index in [0.29, 0.717) is 21.8 Å². The second-order valence-corrected chi connectivity index (χ2v) is 5.49. The van der Waals surface area contributed by atoms with Crippen LogP contribution in [0.4, 0.5) is 5.69 Å². The van der Waals surface area contributed by atoms with Crippen molar-refractivity contribution in [1.82, 2.24) is 4.98 Å². The van der Waals surface area contributed by atoms with Crippen LogP contribution in [0.1, 0.15) is 26.8 Å². The van der Waals surface area contributed by atoms with Crippen LogP contribution >= 0.6 is 11.3 Å². The van der Waals surface area contributed by atoms with Crippen LogP contribution in [0.2, 0.25) is 0 Å². The number of carbonyl (C=O) groups is 2. The summed E-state index contributed by atoms with van der Waals surface area (Å²) < 4.78 is 0. The van der Waals surface area contributed by atoms with E-state index in [2.05, 4.69) is 4.98 Å². The predicted molar refractivity (Wildman–Crippen MR) is 75.3 cm³/mol. The van der Waals surface area contributed by atoms with Gasteiger partial charge in [-0.25, -0.2) is 4.98 Å². The Hall–Kier alpha value is -2.21. The number of hydrogen-bond acceptors (Lipinski definition) is 4. The summed E-state index contributed by atoms with van der Waals surface area (Å²) >= 11 is 1.28. The van der Waals surface area contributed by atoms with Crippen LogP contribution in [0.25, 0.3) is 0 Å². The van der Waals surface area contributed by atoms with Gasteiger partial charge in [0.1, 0.15) is 10.8 Å². The van der Waals surface area contributed by atoms with E-state index in [1.54, 1.807) is 30.6 Å². The van der Waals surface area contributed by atoms with Gasteiger partial charge in [0.2, 0.25) is 0 Å². The number of carboxylic acid groups (broad SMARTS) is 1. The summed E-state index contributed by atoms with van der Waals surface area (Å²) in [5.41, 5.74) is 3.67. The number of carbonyl (C=O) groups excluding carboxylic acids is 1. The summed E-state index contributed by atoms with van der Waals surface area (Å²) in [6, 6.07) is 7.15. The lowest BCUT2D eigenvalue weighted by Crippen LogP contribution is -2.31. The van der Waals surface area contributed by atoms with E-state index in [0.717, 1.165) is 0 Å². The monoisotopic (exact) mass is 288 g/mol. The zero-order valence-corrected chi connectivity index (χ0v) is 11.6. The third-order valence-corrected chi connectivity index (χ3v) is 4.37. The van der Waals surface area contributed by atoms with Crippen LogP contribution in [0.3, 0.4) is 0 Å². The Balaban J connectivity index is 2.03. The fraction of sp³-hybridized carbons (Fsp3) is 0.214. The van der Waals surface area contributed by atoms with Gasteiger partial charge in [0.25, 0.3) is 5.91 Å². The predicted octanol–water partition coefficient (Wildman–Crippen LogP) is 2.28. The zero-order chi connectivity index (χ0) is 14.3. The summed E-state index contributed by atoms with van der Waals surface area (Å²) in [6.07, 6.45) is 0. The third kappa shape index (κ3) is 1.89. The molecule has 0 spiro atoms. The molecule has 0 bridgehead atoms. The maximum Gasteiger partial charge on any atom is 0.312 e. The number of fused-ring (bicyclic) bond motifs is 1. The van der Waals surface area contributed by atoms with Crippen molar-refractivity contribution >= 4 is 28.9 Å². The summed E-state index contributed by atoms with van der Waals surface area (Å²) in [7, 11) is 0. The largest absolute Gasteiger partial charge is 0.481 e. The van der Waals surface area contributed by atoms with Gasteiger partial charge in [-0.1, -0.05) is 18.2 Å². The molecule has 1 aromatic heterocycles. The van der Waals surface area contributed by atoms with Crippen LogP contribution in [-0.2, 0) is 4.79 Å². The van der Waals surface area contributed by atoms with Crippen molar-refractivity contribution in [2.45, 2.75) is 12.8 Å². The average molecular weight is 288 g/mol. The van der Waals surface area contributed by atoms with Crippen molar-refractivity contribution in [3.63, 3.8) is 0 Å². The molecule has 2 heterocycles. The van der Waals surface area contributed by atoms with E-state index in [1.807, 2.05) is 6.07 Å². The SMILES string of the molecule is Cc1ncsc1C(=O)N1C[C@H](C(=O)O)c2ccccc21. The number of para-hydroxylation sites is 1. The zero-order valence-electron chi connectivity index (χ0n) is 10.7. The molecule has 6 heteroatoms. The molecule has 2 aromatic rings. The number of rotatable bonds is 2. The number of aliphatic carboxylic acids is 1. The lowest BCUT2D eigenvalue weighted by molar-refractivity contribution is -0.138. The van der Waals surface area contributed by atoms with Crippen LogP contribution < -0.4 is 4.90 Å². The lowest BCUT2D eigenvalue weighted by Gasteiger charge is -2.16. The van der Waals surface area contributed by atoms with Gasteiger partial charge in [-0.3, -0.25) is 9.59 Å². The minimum atomic E-state index is -0.909. The van der Waals surface area contributed by atoms with Crippen LogP contribution in [0, 0.1) is 6.92 Å². The summed E-state index contributed by atoms with van der Waals surface area (Å²) in [5, 5.41) is 9.30. The quantitative estimate of drug-likeness (QED) is 0.920. The highest BCUT2D eigenvalue weighted by Crippen LogP contribution is 2.37. The number of aromatic nitrogens is 1. The minimum Gasteiger partial charge on any atom is -0.481 e. The second-order valence-electron chi connectivity index (χ2n) is 4.63. The number of hydrogen-bond donors (Lipinski definition) is 1. The number of anilines is 1. The molecular weight excluding hydrogens is 276 g/mol. The number of thiazole rings is 1. The van der Waals surface area contributed by atoms with Gasteiger partial charge in [-0.2, -0.15) is 0 Å². The molecule has 0 saturated heterocycles. The van der Waals surface area contributed by atoms with Gasteiger partial charge in [-0.05, 0) is 18.6 Å². The van der Waals surface area contributed by atoms with E-state index >= 15 is 0 Å². The molecule has 1 aliphatic rings. The van der Waals surface area contributed by atoms with Crippen LogP contribution in [-0.4, -0.2) is 28.5 Å². The van der Waals surface area contributed by atoms with E-state index < -0.39 is 11.9 Å². The molecule has 1 aliphatic heterocycles. The fourth-order valence-corrected chi connectivity index (χ4v) is 3.19. The molecule has 1 amide bonds. The molecule has 20 heavy (non-hydrogen) atoms. The van der Waals surface area contributed by atoms with Gasteiger partial charge in [-0.15, -0.1) is 11.3 Å². The van der Waals surface area contributed by atoms with Crippen LogP contribution in [0.5, 0.6) is 0 Å². The van der Waals surface area contributed by atoms with Crippen molar-refractivity contribution in [3.8, 4) is 0 Å². The molecule has 1 aromatic carbocycles. The first-order valence-electron chi connectivity index (χ1n) is 6.13. The minimum absolute atomic E-state index is 0.171. The van der Waals surface area contributed by atoms with Gasteiger partial charge < -0.3 is 10.0 Å². The average Bonchev–Trinajstić information content (AvgIpc) is 3.01. The Kier molecular flexibility index (Phi) is 3.02. The van der Waals surface area contributed by atoms with Crippen molar-refractivity contribution in [2.75, 3.05) is 11.4 Å². The normalized spacial score (nSPS) is 17.1. The van der Waals surface area contributed by atoms with Crippen molar-refractivity contribution in [2.24, 2.45) is 0 Å². The van der Waals surface area contributed by atoms with Gasteiger partial charge >= 0.3 is 5.97 Å². The Morgan fingerprint density at radius 1 is 1.40 bits per heavy atom. The lowest BCUT2D eigenvalue weighted by atomic mass is 10.0. The van der Waals surface area contributed by atoms with Gasteiger partial charge in [0, 0.05) is 12.2 Å². The highest BCUT2D eigenvalue weighted by molar-refractivity contribution is 7.12. The number of amides is 1. The van der Waals surface area contributed by atoms with Gasteiger partial charge in [0.15, 0.2) is 0 Å². The van der Waals surface area contributed by atoms with E-state index in [1.165, 1.54) is 16.2 Å². The Bertz CT molecular complexity index is 695. The molecule has 0 saturated carbocycles. The Morgan fingerprint density at radius 2 is 2.15 bits per heavy atom. The van der Waals surface area contributed by atoms with E-state index in [9.17, 15) is 14.7 Å². The maximum absolute atomic E-state index is 12.6. The Labute approximate surface area is 119 Å². The molecule has 0 aliphatic carbocycles. The highest BCUT2D eigenvalue weighted by atomic mass is 32.1.